The Hall–Kier alpha value is -2.50. The Labute approximate surface area is 117 Å². The third-order valence-electron chi connectivity index (χ3n) is 3.18. The Kier molecular flexibility index (Phi) is 3.28. The molecule has 102 valence electrons. The van der Waals surface area contributed by atoms with Gasteiger partial charge in [-0.2, -0.15) is 14.6 Å². The molecule has 0 saturated carbocycles. The zero-order chi connectivity index (χ0) is 13.9. The second-order valence-electron chi connectivity index (χ2n) is 4.72. The highest BCUT2D eigenvalue weighted by Crippen LogP contribution is 2.14. The van der Waals surface area contributed by atoms with Gasteiger partial charge in [-0.1, -0.05) is 6.07 Å². The number of pyridine rings is 1. The van der Waals surface area contributed by atoms with Crippen LogP contribution >= 0.6 is 0 Å². The molecule has 0 N–H and O–H groups in total. The molecule has 0 saturated heterocycles. The molecule has 3 heterocycles. The van der Waals surface area contributed by atoms with Gasteiger partial charge < -0.3 is 4.90 Å². The highest BCUT2D eigenvalue weighted by atomic mass is 15.4. The van der Waals surface area contributed by atoms with E-state index in [0.717, 1.165) is 30.2 Å². The molecule has 0 aliphatic carbocycles. The molecule has 0 atom stereocenters. The van der Waals surface area contributed by atoms with Gasteiger partial charge in [0, 0.05) is 43.7 Å². The van der Waals surface area contributed by atoms with Crippen LogP contribution in [0.4, 0.5) is 5.82 Å². The van der Waals surface area contributed by atoms with Gasteiger partial charge >= 0.3 is 0 Å². The van der Waals surface area contributed by atoms with Crippen LogP contribution in [0.1, 0.15) is 11.4 Å². The number of anilines is 1. The molecule has 20 heavy (non-hydrogen) atoms. The van der Waals surface area contributed by atoms with E-state index in [1.807, 2.05) is 44.4 Å². The summed E-state index contributed by atoms with van der Waals surface area (Å²) in [5.74, 6) is 1.62. The zero-order valence-corrected chi connectivity index (χ0v) is 11.6. The normalized spacial score (nSPS) is 10.9. The lowest BCUT2D eigenvalue weighted by Gasteiger charge is -2.19. The average Bonchev–Trinajstić information content (AvgIpc) is 2.93. The summed E-state index contributed by atoms with van der Waals surface area (Å²) in [6.07, 6.45) is 4.23. The van der Waals surface area contributed by atoms with E-state index in [0.29, 0.717) is 5.78 Å². The fourth-order valence-electron chi connectivity index (χ4n) is 2.13. The lowest BCUT2D eigenvalue weighted by atomic mass is 10.2. The van der Waals surface area contributed by atoms with E-state index in [1.165, 1.54) is 6.33 Å². The van der Waals surface area contributed by atoms with Crippen LogP contribution in [-0.4, -0.2) is 38.2 Å². The Balaban J connectivity index is 1.82. The summed E-state index contributed by atoms with van der Waals surface area (Å²) >= 11 is 0. The third-order valence-corrected chi connectivity index (χ3v) is 3.18. The van der Waals surface area contributed by atoms with Gasteiger partial charge in [-0.3, -0.25) is 4.98 Å². The lowest BCUT2D eigenvalue weighted by molar-refractivity contribution is 0.800. The van der Waals surface area contributed by atoms with E-state index < -0.39 is 0 Å². The van der Waals surface area contributed by atoms with E-state index in [2.05, 4.69) is 25.0 Å². The second kappa shape index (κ2) is 5.24. The fourth-order valence-corrected chi connectivity index (χ4v) is 2.13. The molecule has 0 radical (unpaired) electrons. The molecule has 0 aliphatic heterocycles. The minimum atomic E-state index is 0.629. The molecule has 0 unspecified atom stereocenters. The molecular weight excluding hydrogens is 252 g/mol. The number of likely N-dealkylation sites (N-methyl/N-ethyl adjacent to an activating group) is 1. The summed E-state index contributed by atoms with van der Waals surface area (Å²) < 4.78 is 1.76. The first-order valence-electron chi connectivity index (χ1n) is 6.52. The van der Waals surface area contributed by atoms with E-state index in [1.54, 1.807) is 4.52 Å². The van der Waals surface area contributed by atoms with Crippen LogP contribution < -0.4 is 4.90 Å². The second-order valence-corrected chi connectivity index (χ2v) is 4.72. The van der Waals surface area contributed by atoms with Crippen LogP contribution in [0.15, 0.2) is 36.8 Å². The molecule has 0 aromatic carbocycles. The summed E-state index contributed by atoms with van der Waals surface area (Å²) in [6.45, 7) is 2.82. The maximum absolute atomic E-state index is 4.35. The molecule has 6 heteroatoms. The number of nitrogens with zero attached hydrogens (tertiary/aromatic N) is 6. The average molecular weight is 268 g/mol. The first-order chi connectivity index (χ1) is 9.74. The monoisotopic (exact) mass is 268 g/mol. The summed E-state index contributed by atoms with van der Waals surface area (Å²) in [5, 5.41) is 4.22. The van der Waals surface area contributed by atoms with Crippen molar-refractivity contribution >= 4 is 11.6 Å². The van der Waals surface area contributed by atoms with Crippen molar-refractivity contribution in [1.29, 1.82) is 0 Å². The fraction of sp³-hybridized carbons (Fsp3) is 0.286. The topological polar surface area (TPSA) is 59.2 Å². The molecule has 0 amide bonds. The Morgan fingerprint density at radius 1 is 1.25 bits per heavy atom. The minimum Gasteiger partial charge on any atom is -0.359 e. The van der Waals surface area contributed by atoms with Gasteiger partial charge in [-0.25, -0.2) is 4.98 Å². The largest absolute Gasteiger partial charge is 0.359 e. The Morgan fingerprint density at radius 3 is 2.95 bits per heavy atom. The maximum atomic E-state index is 4.35. The van der Waals surface area contributed by atoms with Gasteiger partial charge in [-0.15, -0.1) is 0 Å². The first-order valence-corrected chi connectivity index (χ1v) is 6.52. The summed E-state index contributed by atoms with van der Waals surface area (Å²) in [4.78, 5) is 15.0. The number of hydrogen-bond acceptors (Lipinski definition) is 5. The molecule has 0 bridgehead atoms. The molecule has 0 aliphatic rings. The van der Waals surface area contributed by atoms with Crippen LogP contribution in [-0.2, 0) is 6.42 Å². The van der Waals surface area contributed by atoms with Crippen molar-refractivity contribution in [1.82, 2.24) is 24.6 Å². The van der Waals surface area contributed by atoms with Gasteiger partial charge in [0.2, 0.25) is 0 Å². The van der Waals surface area contributed by atoms with Crippen LogP contribution in [0, 0.1) is 6.92 Å². The summed E-state index contributed by atoms with van der Waals surface area (Å²) in [6, 6.07) is 7.99. The van der Waals surface area contributed by atoms with Gasteiger partial charge in [0.15, 0.2) is 0 Å². The van der Waals surface area contributed by atoms with E-state index in [-0.39, 0.29) is 0 Å². The van der Waals surface area contributed by atoms with Crippen molar-refractivity contribution in [2.75, 3.05) is 18.5 Å². The molecule has 3 rings (SSSR count). The van der Waals surface area contributed by atoms with Crippen LogP contribution in [0.5, 0.6) is 0 Å². The van der Waals surface area contributed by atoms with Crippen LogP contribution in [0.3, 0.4) is 0 Å². The number of rotatable bonds is 4. The van der Waals surface area contributed by atoms with Gasteiger partial charge in [0.05, 0.1) is 0 Å². The highest BCUT2D eigenvalue weighted by Gasteiger charge is 2.10. The molecule has 0 fully saturated rings. The predicted molar refractivity (Wildman–Crippen MR) is 76.7 cm³/mol. The van der Waals surface area contributed by atoms with Crippen molar-refractivity contribution in [3.05, 3.63) is 48.2 Å². The summed E-state index contributed by atoms with van der Waals surface area (Å²) in [7, 11) is 2.04. The van der Waals surface area contributed by atoms with Crippen LogP contribution in [0.25, 0.3) is 5.78 Å². The van der Waals surface area contributed by atoms with E-state index >= 15 is 0 Å². The number of aromatic nitrogens is 5. The number of hydrogen-bond donors (Lipinski definition) is 0. The standard InChI is InChI=1S/C14H16N6/c1-11-9-13(20-14(18-11)16-10-17-20)19(2)8-6-12-5-3-4-7-15-12/h3-5,7,9-10H,6,8H2,1-2H3. The lowest BCUT2D eigenvalue weighted by Crippen LogP contribution is -2.23. The molecule has 0 spiro atoms. The number of fused-ring (bicyclic) bond motifs is 1. The smallest absolute Gasteiger partial charge is 0.254 e. The SMILES string of the molecule is Cc1cc(N(C)CCc2ccccn2)n2ncnc2n1. The van der Waals surface area contributed by atoms with Gasteiger partial charge in [0.1, 0.15) is 12.1 Å². The first kappa shape index (κ1) is 12.5. The molecular formula is C14H16N6. The quantitative estimate of drug-likeness (QED) is 0.717. The maximum Gasteiger partial charge on any atom is 0.254 e. The number of aryl methyl sites for hydroxylation is 1. The predicted octanol–water partition coefficient (Wildman–Crippen LogP) is 1.51. The van der Waals surface area contributed by atoms with Gasteiger partial charge in [0.25, 0.3) is 5.78 Å². The zero-order valence-electron chi connectivity index (χ0n) is 11.6. The highest BCUT2D eigenvalue weighted by molar-refractivity contribution is 5.46. The minimum absolute atomic E-state index is 0.629. The molecule has 6 nitrogen and oxygen atoms in total. The van der Waals surface area contributed by atoms with Crippen LogP contribution in [0.2, 0.25) is 0 Å². The van der Waals surface area contributed by atoms with E-state index in [9.17, 15) is 0 Å². The van der Waals surface area contributed by atoms with Crippen molar-refractivity contribution < 1.29 is 0 Å². The Bertz CT molecular complexity index is 706. The van der Waals surface area contributed by atoms with Crippen molar-refractivity contribution in [2.24, 2.45) is 0 Å². The van der Waals surface area contributed by atoms with Gasteiger partial charge in [-0.05, 0) is 19.1 Å². The third kappa shape index (κ3) is 2.45. The molecule has 3 aromatic rings. The Morgan fingerprint density at radius 2 is 2.15 bits per heavy atom. The molecule has 3 aromatic heterocycles. The van der Waals surface area contributed by atoms with Crippen molar-refractivity contribution in [3.8, 4) is 0 Å². The van der Waals surface area contributed by atoms with E-state index in [4.69, 9.17) is 0 Å². The van der Waals surface area contributed by atoms with Crippen molar-refractivity contribution in [3.63, 3.8) is 0 Å². The summed E-state index contributed by atoms with van der Waals surface area (Å²) in [5.41, 5.74) is 2.02. The van der Waals surface area contributed by atoms with Crippen molar-refractivity contribution in [2.45, 2.75) is 13.3 Å².